The van der Waals surface area contributed by atoms with Gasteiger partial charge in [0.25, 0.3) is 0 Å². The van der Waals surface area contributed by atoms with Gasteiger partial charge in [-0.25, -0.2) is 0 Å². The van der Waals surface area contributed by atoms with E-state index in [2.05, 4.69) is 83.7 Å². The second-order valence-electron chi connectivity index (χ2n) is 15.2. The molecule has 0 amide bonds. The summed E-state index contributed by atoms with van der Waals surface area (Å²) in [5.74, 6) is 0.969. The summed E-state index contributed by atoms with van der Waals surface area (Å²) in [6.45, 7) is 25.0. The number of Topliss-reactive ketones (excluding diaryl/α,β-unsaturated/α-hetero) is 2. The van der Waals surface area contributed by atoms with Crippen molar-refractivity contribution in [1.82, 2.24) is 10.3 Å². The first-order valence-electron chi connectivity index (χ1n) is 15.5. The highest BCUT2D eigenvalue weighted by molar-refractivity contribution is 9.10. The fourth-order valence-corrected chi connectivity index (χ4v) is 3.70. The Morgan fingerprint density at radius 3 is 1.48 bits per heavy atom. The molecular formula is C34H54Br2N2O8. The van der Waals surface area contributed by atoms with Gasteiger partial charge in [-0.15, -0.1) is 0 Å². The monoisotopic (exact) mass is 776 g/mol. The summed E-state index contributed by atoms with van der Waals surface area (Å²) in [5, 5.41) is 16.2. The van der Waals surface area contributed by atoms with Crippen molar-refractivity contribution in [3.05, 3.63) is 35.0 Å². The average molecular weight is 779 g/mol. The first-order chi connectivity index (χ1) is 20.7. The van der Waals surface area contributed by atoms with Crippen LogP contribution in [0.4, 0.5) is 0 Å². The van der Waals surface area contributed by atoms with Crippen molar-refractivity contribution in [2.75, 3.05) is 19.8 Å². The van der Waals surface area contributed by atoms with E-state index in [1.807, 2.05) is 39.8 Å². The number of rotatable bonds is 10. The Bertz CT molecular complexity index is 1270. The molecule has 0 saturated carbocycles. The van der Waals surface area contributed by atoms with E-state index in [9.17, 15) is 14.4 Å². The number of carboxylic acids is 1. The third-order valence-corrected chi connectivity index (χ3v) is 7.97. The van der Waals surface area contributed by atoms with Gasteiger partial charge in [-0.1, -0.05) is 83.7 Å². The van der Waals surface area contributed by atoms with Gasteiger partial charge >= 0.3 is 5.97 Å². The van der Waals surface area contributed by atoms with Crippen molar-refractivity contribution in [1.29, 1.82) is 0 Å². The van der Waals surface area contributed by atoms with Crippen LogP contribution in [0.5, 0.6) is 0 Å². The maximum Gasteiger partial charge on any atom is 0.319 e. The number of alkyl halides is 2. The van der Waals surface area contributed by atoms with E-state index in [1.165, 1.54) is 0 Å². The molecule has 2 aromatic heterocycles. The number of ether oxygens (including phenoxy) is 2. The minimum atomic E-state index is -0.840. The molecule has 12 heteroatoms. The van der Waals surface area contributed by atoms with Crippen molar-refractivity contribution >= 4 is 49.4 Å². The molecule has 0 spiro atoms. The fraction of sp³-hybridized carbons (Fsp3) is 0.735. The lowest BCUT2D eigenvalue weighted by atomic mass is 9.91. The molecule has 1 saturated heterocycles. The Morgan fingerprint density at radius 1 is 0.761 bits per heavy atom. The summed E-state index contributed by atoms with van der Waals surface area (Å²) in [5.41, 5.74) is 0.797. The molecule has 1 aliphatic rings. The van der Waals surface area contributed by atoms with Gasteiger partial charge in [-0.2, -0.15) is 0 Å². The van der Waals surface area contributed by atoms with Crippen LogP contribution in [0.2, 0.25) is 0 Å². The number of hydrogen-bond donors (Lipinski definition) is 1. The molecule has 46 heavy (non-hydrogen) atoms. The highest BCUT2D eigenvalue weighted by Crippen LogP contribution is 2.26. The summed E-state index contributed by atoms with van der Waals surface area (Å²) in [7, 11) is 0. The maximum atomic E-state index is 12.5. The molecule has 0 aliphatic carbocycles. The molecule has 262 valence electrons. The zero-order chi connectivity index (χ0) is 35.7. The number of halogens is 2. The van der Waals surface area contributed by atoms with Crippen molar-refractivity contribution in [3.63, 3.8) is 0 Å². The fourth-order valence-electron chi connectivity index (χ4n) is 3.56. The van der Waals surface area contributed by atoms with Crippen LogP contribution in [0.3, 0.4) is 0 Å². The van der Waals surface area contributed by atoms with Gasteiger partial charge in [0.1, 0.15) is 21.4 Å². The lowest BCUT2D eigenvalue weighted by Crippen LogP contribution is -2.38. The number of aromatic nitrogens is 2. The minimum absolute atomic E-state index is 0.0150. The van der Waals surface area contributed by atoms with Gasteiger partial charge < -0.3 is 23.6 Å². The maximum absolute atomic E-state index is 12.5. The van der Waals surface area contributed by atoms with Gasteiger partial charge in [0, 0.05) is 36.2 Å². The van der Waals surface area contributed by atoms with Crippen molar-refractivity contribution in [3.8, 4) is 0 Å². The van der Waals surface area contributed by atoms with Gasteiger partial charge in [0.15, 0.2) is 11.6 Å². The van der Waals surface area contributed by atoms with Crippen LogP contribution >= 0.6 is 31.9 Å². The molecule has 2 aromatic rings. The van der Waals surface area contributed by atoms with Crippen LogP contribution in [0, 0.1) is 5.92 Å². The van der Waals surface area contributed by atoms with Crippen LogP contribution in [0.25, 0.3) is 0 Å². The molecule has 0 aromatic carbocycles. The molecule has 0 radical (unpaired) electrons. The highest BCUT2D eigenvalue weighted by atomic mass is 79.9. The Balaban J connectivity index is 0.000000398. The Hall–Kier alpha value is -1.89. The predicted molar refractivity (Wildman–Crippen MR) is 185 cm³/mol. The summed E-state index contributed by atoms with van der Waals surface area (Å²) in [6.07, 6.45) is 2.49. The van der Waals surface area contributed by atoms with E-state index in [1.54, 1.807) is 13.8 Å². The average Bonchev–Trinajstić information content (AvgIpc) is 3.58. The number of nitrogens with zero attached hydrogens (tertiary/aromatic N) is 2. The largest absolute Gasteiger partial charge is 0.480 e. The van der Waals surface area contributed by atoms with E-state index in [0.717, 1.165) is 37.4 Å². The standard InChI is InChI=1S/C18H29NO4.C12H18BrNO2.C4H7BrO2/c1-17(2,3)15-10-14(23-19-15)11-16(20)18(4,5)22-12-13-6-8-21-9-7-13;1-11(2,3)9-6-8(16-14-9)7-10(15)12(4,5)13;1-4(2,5)3(6)7/h10,13H,6-9,11-12H2,1-5H3;6H,7H2,1-5H3;1-2H3,(H,6,7). The van der Waals surface area contributed by atoms with E-state index in [4.69, 9.17) is 23.6 Å². The van der Waals surface area contributed by atoms with Crippen LogP contribution in [-0.4, -0.2) is 67.0 Å². The molecule has 1 aliphatic heterocycles. The molecular weight excluding hydrogens is 724 g/mol. The molecule has 10 nitrogen and oxygen atoms in total. The zero-order valence-corrected chi connectivity index (χ0v) is 32.8. The second-order valence-corrected chi connectivity index (χ2v) is 19.1. The summed E-state index contributed by atoms with van der Waals surface area (Å²) >= 11 is 6.28. The number of carbonyl (C=O) groups is 3. The smallest absolute Gasteiger partial charge is 0.319 e. The second kappa shape index (κ2) is 17.0. The molecule has 3 rings (SSSR count). The van der Waals surface area contributed by atoms with Crippen LogP contribution in [-0.2, 0) is 47.5 Å². The zero-order valence-electron chi connectivity index (χ0n) is 29.6. The first kappa shape index (κ1) is 42.1. The van der Waals surface area contributed by atoms with E-state index in [0.29, 0.717) is 24.0 Å². The number of hydrogen-bond acceptors (Lipinski definition) is 9. The molecule has 0 bridgehead atoms. The first-order valence-corrected chi connectivity index (χ1v) is 17.1. The van der Waals surface area contributed by atoms with Crippen molar-refractivity contribution in [2.24, 2.45) is 5.92 Å². The van der Waals surface area contributed by atoms with Crippen molar-refractivity contribution in [2.45, 2.75) is 134 Å². The van der Waals surface area contributed by atoms with Gasteiger partial charge in [0.2, 0.25) is 0 Å². The molecule has 1 fully saturated rings. The lowest BCUT2D eigenvalue weighted by molar-refractivity contribution is -0.142. The lowest BCUT2D eigenvalue weighted by Gasteiger charge is -2.28. The van der Waals surface area contributed by atoms with Crippen LogP contribution < -0.4 is 0 Å². The molecule has 0 atom stereocenters. The quantitative estimate of drug-likeness (QED) is 0.238. The van der Waals surface area contributed by atoms with E-state index >= 15 is 0 Å². The van der Waals surface area contributed by atoms with Gasteiger partial charge in [-0.05, 0) is 60.3 Å². The van der Waals surface area contributed by atoms with Crippen molar-refractivity contribution < 1.29 is 38.0 Å². The summed E-state index contributed by atoms with van der Waals surface area (Å²) in [6, 6.07) is 3.73. The number of carbonyl (C=O) groups excluding carboxylic acids is 2. The summed E-state index contributed by atoms with van der Waals surface area (Å²) in [4.78, 5) is 34.3. The normalized spacial score (nSPS) is 14.9. The third-order valence-electron chi connectivity index (χ3n) is 7.19. The predicted octanol–water partition coefficient (Wildman–Crippen LogP) is 7.81. The third kappa shape index (κ3) is 15.3. The number of carboxylic acid groups (broad SMARTS) is 1. The van der Waals surface area contributed by atoms with Crippen LogP contribution in [0.1, 0.15) is 119 Å². The van der Waals surface area contributed by atoms with E-state index < -0.39 is 20.2 Å². The Morgan fingerprint density at radius 2 is 1.15 bits per heavy atom. The summed E-state index contributed by atoms with van der Waals surface area (Å²) < 4.78 is 20.4. The molecule has 0 unspecified atom stereocenters. The Kier molecular flexibility index (Phi) is 15.5. The molecule has 1 N–H and O–H groups in total. The topological polar surface area (TPSA) is 142 Å². The van der Waals surface area contributed by atoms with Gasteiger partial charge in [0.05, 0.1) is 35.2 Å². The van der Waals surface area contributed by atoms with E-state index in [-0.39, 0.29) is 35.2 Å². The SMILES string of the molecule is CC(C)(Br)C(=O)Cc1cc(C(C)(C)C)no1.CC(C)(Br)C(=O)O.CC(C)(OCC1CCOCC1)C(=O)Cc1cc(C(C)(C)C)no1. The highest BCUT2D eigenvalue weighted by Gasteiger charge is 2.31. The number of ketones is 2. The van der Waals surface area contributed by atoms with Gasteiger partial charge in [-0.3, -0.25) is 14.4 Å². The number of aliphatic carboxylic acids is 1. The Labute approximate surface area is 291 Å². The minimum Gasteiger partial charge on any atom is -0.480 e. The van der Waals surface area contributed by atoms with Crippen LogP contribution in [0.15, 0.2) is 21.2 Å². The molecule has 3 heterocycles.